The predicted octanol–water partition coefficient (Wildman–Crippen LogP) is 1.54. The van der Waals surface area contributed by atoms with Crippen molar-refractivity contribution in [3.63, 3.8) is 0 Å². The molecule has 17 heavy (non-hydrogen) atoms. The van der Waals surface area contributed by atoms with E-state index in [0.717, 1.165) is 18.1 Å². The van der Waals surface area contributed by atoms with Crippen LogP contribution in [-0.2, 0) is 4.74 Å². The van der Waals surface area contributed by atoms with Crippen LogP contribution in [0, 0.1) is 5.92 Å². The molecule has 0 spiro atoms. The van der Waals surface area contributed by atoms with E-state index >= 15 is 0 Å². The first kappa shape index (κ1) is 13.2. The van der Waals surface area contributed by atoms with Crippen LogP contribution in [0.1, 0.15) is 27.2 Å². The molecule has 0 aromatic carbocycles. The normalized spacial score (nSPS) is 41.0. The molecule has 0 amide bonds. The van der Waals surface area contributed by atoms with Gasteiger partial charge in [0.25, 0.3) is 0 Å². The van der Waals surface area contributed by atoms with E-state index in [2.05, 4.69) is 25.7 Å². The van der Waals surface area contributed by atoms with E-state index < -0.39 is 6.10 Å². The van der Waals surface area contributed by atoms with Gasteiger partial charge in [-0.15, -0.1) is 0 Å². The molecule has 5 atom stereocenters. The molecule has 0 bridgehead atoms. The summed E-state index contributed by atoms with van der Waals surface area (Å²) in [4.78, 5) is 6.83. The molecule has 1 N–H and O–H groups in total. The first-order valence-electron chi connectivity index (χ1n) is 6.37. The fourth-order valence-corrected chi connectivity index (χ4v) is 3.67. The molecule has 1 fully saturated rings. The second-order valence-electron chi connectivity index (χ2n) is 4.84. The Balaban J connectivity index is 2.12. The number of aliphatic hydroxyl groups excluding tert-OH is 1. The average Bonchev–Trinajstić information content (AvgIpc) is 2.76. The number of amidine groups is 1. The Labute approximate surface area is 107 Å². The Kier molecular flexibility index (Phi) is 4.00. The Bertz CT molecular complexity index is 311. The molecule has 0 aliphatic carbocycles. The zero-order chi connectivity index (χ0) is 12.6. The van der Waals surface area contributed by atoms with Gasteiger partial charge in [-0.1, -0.05) is 25.6 Å². The minimum absolute atomic E-state index is 0.0415. The third-order valence-corrected chi connectivity index (χ3v) is 4.98. The van der Waals surface area contributed by atoms with Crippen molar-refractivity contribution in [1.82, 2.24) is 4.90 Å². The topological polar surface area (TPSA) is 45.1 Å². The highest BCUT2D eigenvalue weighted by Crippen LogP contribution is 2.40. The van der Waals surface area contributed by atoms with E-state index in [1.165, 1.54) is 0 Å². The molecule has 2 heterocycles. The maximum Gasteiger partial charge on any atom is 0.161 e. The standard InChI is InChI=1S/C12H22N2O2S/c1-5-8-10(15)7(3)9-11(16-8)17-12(13-9)14(4)6-2/h7-11,15H,5-6H2,1-4H3. The van der Waals surface area contributed by atoms with Gasteiger partial charge in [0.2, 0.25) is 0 Å². The number of ether oxygens (including phenoxy) is 1. The number of nitrogens with zero attached hydrogens (tertiary/aromatic N) is 2. The second kappa shape index (κ2) is 5.16. The van der Waals surface area contributed by atoms with Gasteiger partial charge in [0, 0.05) is 19.5 Å². The molecule has 2 rings (SSSR count). The molecule has 1 saturated heterocycles. The number of aliphatic imine (C=N–C) groups is 1. The zero-order valence-electron chi connectivity index (χ0n) is 11.0. The Morgan fingerprint density at radius 2 is 2.18 bits per heavy atom. The van der Waals surface area contributed by atoms with Gasteiger partial charge < -0.3 is 14.7 Å². The van der Waals surface area contributed by atoms with Gasteiger partial charge in [0.15, 0.2) is 5.17 Å². The molecule has 5 unspecified atom stereocenters. The maximum absolute atomic E-state index is 10.1. The summed E-state index contributed by atoms with van der Waals surface area (Å²) < 4.78 is 5.94. The molecule has 0 radical (unpaired) electrons. The predicted molar refractivity (Wildman–Crippen MR) is 71.2 cm³/mol. The van der Waals surface area contributed by atoms with Gasteiger partial charge in [0.05, 0.1) is 18.2 Å². The van der Waals surface area contributed by atoms with Crippen LogP contribution < -0.4 is 0 Å². The van der Waals surface area contributed by atoms with Crippen LogP contribution in [0.15, 0.2) is 4.99 Å². The number of hydrogen-bond acceptors (Lipinski definition) is 5. The van der Waals surface area contributed by atoms with Crippen molar-refractivity contribution in [3.8, 4) is 0 Å². The lowest BCUT2D eigenvalue weighted by atomic mass is 9.89. The minimum Gasteiger partial charge on any atom is -0.390 e. The van der Waals surface area contributed by atoms with E-state index in [0.29, 0.717) is 0 Å². The zero-order valence-corrected chi connectivity index (χ0v) is 11.8. The largest absolute Gasteiger partial charge is 0.390 e. The Morgan fingerprint density at radius 3 is 2.76 bits per heavy atom. The van der Waals surface area contributed by atoms with Crippen molar-refractivity contribution in [3.05, 3.63) is 0 Å². The molecule has 0 saturated carbocycles. The van der Waals surface area contributed by atoms with E-state index in [4.69, 9.17) is 9.73 Å². The summed E-state index contributed by atoms with van der Waals surface area (Å²) in [6.45, 7) is 7.19. The highest BCUT2D eigenvalue weighted by Gasteiger charge is 2.46. The van der Waals surface area contributed by atoms with Gasteiger partial charge in [-0.3, -0.25) is 4.99 Å². The SMILES string of the molecule is CCC1OC2SC(N(C)CC)=NC2C(C)C1O. The first-order valence-corrected chi connectivity index (χ1v) is 7.25. The van der Waals surface area contributed by atoms with Crippen molar-refractivity contribution in [2.45, 2.75) is 50.9 Å². The average molecular weight is 258 g/mol. The third kappa shape index (κ3) is 2.33. The second-order valence-corrected chi connectivity index (χ2v) is 5.90. The van der Waals surface area contributed by atoms with Crippen molar-refractivity contribution in [1.29, 1.82) is 0 Å². The van der Waals surface area contributed by atoms with E-state index in [1.807, 2.05) is 7.05 Å². The van der Waals surface area contributed by atoms with Crippen molar-refractivity contribution < 1.29 is 9.84 Å². The van der Waals surface area contributed by atoms with Crippen LogP contribution >= 0.6 is 11.8 Å². The number of fused-ring (bicyclic) bond motifs is 1. The smallest absolute Gasteiger partial charge is 0.161 e. The lowest BCUT2D eigenvalue weighted by molar-refractivity contribution is -0.121. The highest BCUT2D eigenvalue weighted by atomic mass is 32.2. The maximum atomic E-state index is 10.1. The van der Waals surface area contributed by atoms with E-state index in [1.54, 1.807) is 11.8 Å². The van der Waals surface area contributed by atoms with Gasteiger partial charge in [-0.25, -0.2) is 0 Å². The molecular formula is C12H22N2O2S. The van der Waals surface area contributed by atoms with Gasteiger partial charge >= 0.3 is 0 Å². The summed E-state index contributed by atoms with van der Waals surface area (Å²) in [6.07, 6.45) is 0.422. The molecule has 4 nitrogen and oxygen atoms in total. The quantitative estimate of drug-likeness (QED) is 0.816. The van der Waals surface area contributed by atoms with E-state index in [-0.39, 0.29) is 23.5 Å². The van der Waals surface area contributed by atoms with Crippen molar-refractivity contribution >= 4 is 16.9 Å². The lowest BCUT2D eigenvalue weighted by Gasteiger charge is -2.38. The summed E-state index contributed by atoms with van der Waals surface area (Å²) in [7, 11) is 2.04. The van der Waals surface area contributed by atoms with Crippen LogP contribution in [0.2, 0.25) is 0 Å². The summed E-state index contributed by atoms with van der Waals surface area (Å²) >= 11 is 1.69. The van der Waals surface area contributed by atoms with Crippen LogP contribution in [0.4, 0.5) is 0 Å². The molecule has 5 heteroatoms. The van der Waals surface area contributed by atoms with Crippen molar-refractivity contribution in [2.75, 3.05) is 13.6 Å². The molecule has 0 aromatic heterocycles. The van der Waals surface area contributed by atoms with E-state index in [9.17, 15) is 5.11 Å². The molecule has 2 aliphatic rings. The number of aliphatic hydroxyl groups is 1. The third-order valence-electron chi connectivity index (χ3n) is 3.73. The van der Waals surface area contributed by atoms with Gasteiger partial charge in [-0.05, 0) is 13.3 Å². The Hall–Kier alpha value is -0.260. The number of hydrogen-bond donors (Lipinski definition) is 1. The van der Waals surface area contributed by atoms with Crippen LogP contribution in [0.3, 0.4) is 0 Å². The lowest BCUT2D eigenvalue weighted by Crippen LogP contribution is -2.49. The molecule has 98 valence electrons. The monoisotopic (exact) mass is 258 g/mol. The van der Waals surface area contributed by atoms with Gasteiger partial charge in [0.1, 0.15) is 5.44 Å². The summed E-state index contributed by atoms with van der Waals surface area (Å²) in [5, 5.41) is 11.2. The highest BCUT2D eigenvalue weighted by molar-refractivity contribution is 8.14. The molecular weight excluding hydrogens is 236 g/mol. The minimum atomic E-state index is -0.392. The fourth-order valence-electron chi connectivity index (χ4n) is 2.32. The molecule has 0 aromatic rings. The molecule has 2 aliphatic heterocycles. The first-order chi connectivity index (χ1) is 8.08. The number of thioether (sulfide) groups is 1. The van der Waals surface area contributed by atoms with Crippen molar-refractivity contribution in [2.24, 2.45) is 10.9 Å². The van der Waals surface area contributed by atoms with Crippen LogP contribution in [-0.4, -0.2) is 52.5 Å². The number of rotatable bonds is 2. The summed E-state index contributed by atoms with van der Waals surface area (Å²) in [5.74, 6) is 0.175. The summed E-state index contributed by atoms with van der Waals surface area (Å²) in [5.41, 5.74) is 0.0855. The summed E-state index contributed by atoms with van der Waals surface area (Å²) in [6, 6.07) is 0.0989. The van der Waals surface area contributed by atoms with Crippen LogP contribution in [0.5, 0.6) is 0 Å². The van der Waals surface area contributed by atoms with Crippen LogP contribution in [0.25, 0.3) is 0 Å². The van der Waals surface area contributed by atoms with Gasteiger partial charge in [-0.2, -0.15) is 0 Å². The Morgan fingerprint density at radius 1 is 1.47 bits per heavy atom. The fraction of sp³-hybridized carbons (Fsp3) is 0.917.